The average Bonchev–Trinajstić information content (AvgIpc) is 1.86. The fourth-order valence-electron chi connectivity index (χ4n) is 0.393. The Morgan fingerprint density at radius 3 is 2.71 bits per heavy atom. The van der Waals surface area contributed by atoms with Crippen LogP contribution in [0.4, 0.5) is 0 Å². The van der Waals surface area contributed by atoms with Gasteiger partial charge in [-0.05, 0) is 0 Å². The van der Waals surface area contributed by atoms with E-state index in [1.807, 2.05) is 6.08 Å². The summed E-state index contributed by atoms with van der Waals surface area (Å²) in [7, 11) is 0. The summed E-state index contributed by atoms with van der Waals surface area (Å²) in [6, 6.07) is 0. The molecule has 0 atom stereocenters. The molecule has 1 aliphatic carbocycles. The molecule has 0 aliphatic heterocycles. The number of allylic oxidation sites excluding steroid dienone is 3. The predicted octanol–water partition coefficient (Wildman–Crippen LogP) is 1.30. The molecule has 0 fully saturated rings. The molecule has 0 spiro atoms. The third-order valence-corrected chi connectivity index (χ3v) is 0.677. The van der Waals surface area contributed by atoms with Gasteiger partial charge in [0, 0.05) is 0 Å². The van der Waals surface area contributed by atoms with Crippen molar-refractivity contribution in [3.8, 4) is 0 Å². The van der Waals surface area contributed by atoms with Crippen molar-refractivity contribution in [3.63, 3.8) is 0 Å². The predicted molar refractivity (Wildman–Crippen MR) is 24.3 cm³/mol. The molecule has 0 bridgehead atoms. The summed E-state index contributed by atoms with van der Waals surface area (Å²) < 4.78 is 0. The zero-order valence-electron chi connectivity index (χ0n) is 4.66. The van der Waals surface area contributed by atoms with Gasteiger partial charge in [-0.1, -0.05) is 5.76 Å². The fraction of sp³-hybridized carbons (Fsp3) is 0.200. The molecule has 1 nitrogen and oxygen atoms in total. The average molecular weight is 183 g/mol. The van der Waals surface area contributed by atoms with Crippen molar-refractivity contribution in [2.75, 3.05) is 0 Å². The second-order valence-electron chi connectivity index (χ2n) is 1.17. The molecule has 0 aromatic rings. The van der Waals surface area contributed by atoms with Crippen LogP contribution in [0.2, 0.25) is 0 Å². The molecular weight excluding hydrogens is 177 g/mol. The second kappa shape index (κ2) is 2.98. The molecule has 0 aromatic carbocycles. The van der Waals surface area contributed by atoms with Crippen molar-refractivity contribution in [1.29, 1.82) is 0 Å². The molecular formula is C5H6ORu-. The number of hydrogen-bond acceptors (Lipinski definition) is 1. The summed E-state index contributed by atoms with van der Waals surface area (Å²) in [5.41, 5.74) is 0. The third-order valence-electron chi connectivity index (χ3n) is 0.677. The molecule has 0 saturated carbocycles. The quantitative estimate of drug-likeness (QED) is 0.443. The van der Waals surface area contributed by atoms with Crippen molar-refractivity contribution >= 4 is 0 Å². The van der Waals surface area contributed by atoms with Gasteiger partial charge in [0.25, 0.3) is 0 Å². The minimum Gasteiger partial charge on any atom is -1.00 e. The van der Waals surface area contributed by atoms with Crippen LogP contribution < -0.4 is 0 Å². The molecule has 2 heteroatoms. The van der Waals surface area contributed by atoms with Gasteiger partial charge in [-0.3, -0.25) is 0 Å². The summed E-state index contributed by atoms with van der Waals surface area (Å²) in [4.78, 5) is 0. The van der Waals surface area contributed by atoms with E-state index < -0.39 is 0 Å². The normalized spacial score (nSPS) is 15.7. The van der Waals surface area contributed by atoms with Crippen LogP contribution in [-0.2, 0) is 19.5 Å². The summed E-state index contributed by atoms with van der Waals surface area (Å²) >= 11 is 0. The Hall–Kier alpha value is -0.0966. The molecule has 7 heavy (non-hydrogen) atoms. The van der Waals surface area contributed by atoms with Gasteiger partial charge in [0.05, 0.1) is 0 Å². The summed E-state index contributed by atoms with van der Waals surface area (Å²) in [5.74, 6) is 0.273. The Balaban J connectivity index is 0. The fourth-order valence-corrected chi connectivity index (χ4v) is 0.393. The molecule has 0 saturated heterocycles. The first-order valence-corrected chi connectivity index (χ1v) is 1.86. The van der Waals surface area contributed by atoms with E-state index in [1.165, 1.54) is 0 Å². The summed E-state index contributed by atoms with van der Waals surface area (Å²) in [6.07, 6.45) is 6.95. The van der Waals surface area contributed by atoms with Crippen LogP contribution in [0.3, 0.4) is 0 Å². The zero-order valence-corrected chi connectivity index (χ0v) is 5.40. The summed E-state index contributed by atoms with van der Waals surface area (Å²) in [5, 5.41) is 8.45. The van der Waals surface area contributed by atoms with Crippen molar-refractivity contribution < 1.29 is 26.0 Å². The first-order chi connectivity index (χ1) is 2.89. The van der Waals surface area contributed by atoms with Crippen LogP contribution in [0.25, 0.3) is 0 Å². The van der Waals surface area contributed by atoms with Gasteiger partial charge >= 0.3 is 19.5 Å². The van der Waals surface area contributed by atoms with E-state index in [2.05, 4.69) is 6.08 Å². The Bertz CT molecular complexity index is 106. The Labute approximate surface area is 57.0 Å². The van der Waals surface area contributed by atoms with E-state index >= 15 is 0 Å². The minimum atomic E-state index is 0. The van der Waals surface area contributed by atoms with Crippen LogP contribution in [0.1, 0.15) is 7.85 Å². The molecule has 0 amide bonds. The molecule has 41 valence electrons. The standard InChI is InChI=1S/C5H5O.Ru.H/c6-5-3-1-2-4-5;;/h1,3,6H,2H2;;/q-1;+1;-1. The number of hydrogen-bond donors (Lipinski definition) is 1. The molecule has 1 rings (SSSR count). The molecule has 0 aromatic heterocycles. The Kier molecular flexibility index (Phi) is 2.94. The van der Waals surface area contributed by atoms with Gasteiger partial charge < -0.3 is 6.53 Å². The summed E-state index contributed by atoms with van der Waals surface area (Å²) in [6.45, 7) is 0. The van der Waals surface area contributed by atoms with Crippen molar-refractivity contribution in [3.05, 3.63) is 24.0 Å². The van der Waals surface area contributed by atoms with E-state index in [9.17, 15) is 0 Å². The number of aliphatic hydroxyl groups is 1. The van der Waals surface area contributed by atoms with E-state index in [1.54, 1.807) is 6.08 Å². The molecule has 0 unspecified atom stereocenters. The largest absolute Gasteiger partial charge is 1.00 e. The van der Waals surface area contributed by atoms with Crippen LogP contribution in [0, 0.1) is 6.08 Å². The molecule has 1 radical (unpaired) electrons. The molecule has 1 N–H and O–H groups in total. The number of aliphatic hydroxyl groups excluding tert-OH is 1. The smallest absolute Gasteiger partial charge is 1.00 e. The van der Waals surface area contributed by atoms with Gasteiger partial charge in [-0.2, -0.15) is 12.2 Å². The Morgan fingerprint density at radius 2 is 2.57 bits per heavy atom. The van der Waals surface area contributed by atoms with Crippen LogP contribution in [0.15, 0.2) is 17.9 Å². The third kappa shape index (κ3) is 1.89. The van der Waals surface area contributed by atoms with Crippen LogP contribution >= 0.6 is 0 Å². The van der Waals surface area contributed by atoms with Gasteiger partial charge in [-0.25, -0.2) is 6.08 Å². The van der Waals surface area contributed by atoms with Crippen molar-refractivity contribution in [1.82, 2.24) is 0 Å². The van der Waals surface area contributed by atoms with Crippen molar-refractivity contribution in [2.45, 2.75) is 6.42 Å². The van der Waals surface area contributed by atoms with Crippen LogP contribution in [-0.4, -0.2) is 5.11 Å². The SMILES string of the molecule is OC1=[C-]CC=C1.[H-].[Ru+]. The molecule has 0 heterocycles. The van der Waals surface area contributed by atoms with Gasteiger partial charge in [0.1, 0.15) is 0 Å². The maximum atomic E-state index is 8.45. The second-order valence-corrected chi connectivity index (χ2v) is 1.17. The van der Waals surface area contributed by atoms with Gasteiger partial charge in [0.15, 0.2) is 0 Å². The Morgan fingerprint density at radius 1 is 1.86 bits per heavy atom. The monoisotopic (exact) mass is 184 g/mol. The minimum absolute atomic E-state index is 0. The molecule has 1 aliphatic rings. The zero-order chi connectivity index (χ0) is 4.41. The first kappa shape index (κ1) is 6.90. The van der Waals surface area contributed by atoms with Crippen molar-refractivity contribution in [2.24, 2.45) is 0 Å². The van der Waals surface area contributed by atoms with E-state index in [4.69, 9.17) is 5.11 Å². The maximum absolute atomic E-state index is 8.45. The maximum Gasteiger partial charge on any atom is 1.00 e. The number of rotatable bonds is 0. The van der Waals surface area contributed by atoms with Crippen LogP contribution in [0.5, 0.6) is 0 Å². The first-order valence-electron chi connectivity index (χ1n) is 1.86. The topological polar surface area (TPSA) is 20.2 Å². The van der Waals surface area contributed by atoms with E-state index in [0.29, 0.717) is 0 Å². The van der Waals surface area contributed by atoms with Gasteiger partial charge in [0.2, 0.25) is 0 Å². The van der Waals surface area contributed by atoms with Gasteiger partial charge in [-0.15, -0.1) is 6.42 Å². The van der Waals surface area contributed by atoms with E-state index in [0.717, 1.165) is 6.42 Å². The van der Waals surface area contributed by atoms with E-state index in [-0.39, 0.29) is 26.7 Å².